The molecule has 2 heteroatoms. The van der Waals surface area contributed by atoms with Crippen LogP contribution in [0.2, 0.25) is 0 Å². The Kier molecular flexibility index (Phi) is 2.03. The summed E-state index contributed by atoms with van der Waals surface area (Å²) in [5.74, 6) is -1.77. The number of aromatic nitrogens is 1. The van der Waals surface area contributed by atoms with Crippen molar-refractivity contribution < 1.29 is 41.7 Å². The molecule has 2 heterocycles. The minimum atomic E-state index is -2.86. The fraction of sp³-hybridized carbons (Fsp3) is 0.0233. The van der Waals surface area contributed by atoms with Crippen molar-refractivity contribution in [2.24, 2.45) is 0 Å². The van der Waals surface area contributed by atoms with Crippen molar-refractivity contribution in [3.8, 4) is 39.4 Å². The first-order chi connectivity index (χ1) is 33.6. The van der Waals surface area contributed by atoms with E-state index in [4.69, 9.17) is 29.4 Å². The van der Waals surface area contributed by atoms with Crippen LogP contribution in [0.5, 0.6) is 11.5 Å². The number of ether oxygens (including phenoxy) is 1. The zero-order valence-electron chi connectivity index (χ0n) is 49.4. The van der Waals surface area contributed by atoms with Gasteiger partial charge in [-0.15, -0.1) is 0 Å². The molecule has 8 aromatic rings. The normalized spacial score (nSPS) is 22.1. The van der Waals surface area contributed by atoms with Crippen molar-refractivity contribution >= 4 is 21.8 Å². The lowest BCUT2D eigenvalue weighted by molar-refractivity contribution is 0.436. The third kappa shape index (κ3) is 3.23. The SMILES string of the molecule is [2H]c1c([2H])c([2H])c(-n2c3c([2H])c([2H])c([2H])c([2H])c3c3c([2H])c(-c4c([2H])c([2H])c5c(c4[2H])Oc4c([2H])c([2H])c([2H])c([2H])c4C54c5c([2H])c([2H])c([2H])c([2H])c5-c5c([2H])c([2H])c([2H])c([2H])c54)c([2H])c([2H])c32)c([2H])c1[2H]. The molecule has 0 saturated carbocycles. The smallest absolute Gasteiger partial charge is 0.132 e. The molecule has 0 saturated heterocycles. The van der Waals surface area contributed by atoms with Crippen LogP contribution in [-0.2, 0) is 5.41 Å². The van der Waals surface area contributed by atoms with Crippen LogP contribution in [0.1, 0.15) is 59.3 Å². The Hall–Kier alpha value is -5.86. The number of para-hydroxylation sites is 3. The van der Waals surface area contributed by atoms with Gasteiger partial charge in [0.25, 0.3) is 0 Å². The van der Waals surface area contributed by atoms with Crippen molar-refractivity contribution in [3.05, 3.63) is 185 Å². The molecular formula is C43H27NO. The maximum Gasteiger partial charge on any atom is 0.132 e. The second-order valence-electron chi connectivity index (χ2n) is 10.0. The van der Waals surface area contributed by atoms with E-state index in [0.717, 1.165) is 4.57 Å². The average Bonchev–Trinajstić information content (AvgIpc) is 3.86. The van der Waals surface area contributed by atoms with E-state index >= 15 is 0 Å². The summed E-state index contributed by atoms with van der Waals surface area (Å²) in [4.78, 5) is 0. The zero-order valence-corrected chi connectivity index (χ0v) is 22.4. The quantitative estimate of drug-likeness (QED) is 0.192. The maximum atomic E-state index is 9.87. The van der Waals surface area contributed by atoms with Crippen LogP contribution < -0.4 is 4.74 Å². The predicted octanol–water partition coefficient (Wildman–Crippen LogP) is 10.9. The fourth-order valence-electron chi connectivity index (χ4n) is 6.13. The highest BCUT2D eigenvalue weighted by Crippen LogP contribution is 2.62. The first-order valence-corrected chi connectivity index (χ1v) is 13.3. The molecule has 0 atom stereocenters. The molecule has 0 amide bonds. The van der Waals surface area contributed by atoms with Crippen LogP contribution in [-0.4, -0.2) is 4.57 Å². The molecule has 0 bridgehead atoms. The molecule has 0 fully saturated rings. The summed E-state index contributed by atoms with van der Waals surface area (Å²) in [6.07, 6.45) is 0. The van der Waals surface area contributed by atoms with E-state index in [2.05, 4.69) is 0 Å². The standard InChI is InChI=1S/C43H27NO/c1-2-12-30(13-3-1)44-39-20-10-6-16-33(39)34-26-28(23-25-40(34)44)29-22-24-38-42(27-29)45-41-21-11-9-19-37(41)43(38)35-17-7-4-14-31(35)32-15-5-8-18-36(32)43/h1-27H/i1D,2D,3D,4D,5D,6D,7D,8D,9D,10D,11D,12D,13D,14D,15D,16D,17D,18D,19D,20D,21D,22D,23D,24D,25D,26D,27D. The molecule has 45 heavy (non-hydrogen) atoms. The molecule has 10 rings (SSSR count). The Balaban J connectivity index is 1.45. The number of rotatable bonds is 2. The van der Waals surface area contributed by atoms with E-state index in [1.807, 2.05) is 0 Å². The lowest BCUT2D eigenvalue weighted by Crippen LogP contribution is -2.32. The fourth-order valence-corrected chi connectivity index (χ4v) is 6.13. The Morgan fingerprint density at radius 2 is 1.02 bits per heavy atom. The number of hydrogen-bond acceptors (Lipinski definition) is 1. The van der Waals surface area contributed by atoms with E-state index in [0.29, 0.717) is 0 Å². The van der Waals surface area contributed by atoms with Gasteiger partial charge in [-0.25, -0.2) is 0 Å². The summed E-state index contributed by atoms with van der Waals surface area (Å²) in [5.41, 5.74) is -10.5. The highest BCUT2D eigenvalue weighted by Gasteiger charge is 2.50. The van der Waals surface area contributed by atoms with E-state index < -0.39 is 252 Å². The third-order valence-electron chi connectivity index (χ3n) is 7.88. The molecule has 1 aliphatic carbocycles. The van der Waals surface area contributed by atoms with Gasteiger partial charge in [-0.2, -0.15) is 0 Å². The van der Waals surface area contributed by atoms with Crippen LogP contribution in [0.4, 0.5) is 0 Å². The van der Waals surface area contributed by atoms with E-state index in [1.165, 1.54) is 0 Å². The molecular weight excluding hydrogens is 546 g/mol. The lowest BCUT2D eigenvalue weighted by Gasteiger charge is -2.39. The minimum Gasteiger partial charge on any atom is -0.457 e. The first kappa shape index (κ1) is 10.1. The second-order valence-corrected chi connectivity index (χ2v) is 10.0. The van der Waals surface area contributed by atoms with Gasteiger partial charge in [0.2, 0.25) is 0 Å². The van der Waals surface area contributed by atoms with Gasteiger partial charge >= 0.3 is 0 Å². The topological polar surface area (TPSA) is 14.2 Å². The highest BCUT2D eigenvalue weighted by atomic mass is 16.5. The molecule has 0 unspecified atom stereocenters. The van der Waals surface area contributed by atoms with Crippen molar-refractivity contribution in [1.82, 2.24) is 4.57 Å². The van der Waals surface area contributed by atoms with Gasteiger partial charge in [-0.05, 0) is 75.7 Å². The molecule has 210 valence electrons. The van der Waals surface area contributed by atoms with Gasteiger partial charge in [-0.3, -0.25) is 0 Å². The molecule has 2 aliphatic rings. The lowest BCUT2D eigenvalue weighted by atomic mass is 9.66. The number of nitrogens with zero attached hydrogens (tertiary/aromatic N) is 1. The van der Waals surface area contributed by atoms with E-state index in [9.17, 15) is 12.3 Å². The summed E-state index contributed by atoms with van der Waals surface area (Å²) in [5, 5.41) is -1.17. The predicted molar refractivity (Wildman–Crippen MR) is 184 cm³/mol. The Morgan fingerprint density at radius 1 is 0.444 bits per heavy atom. The van der Waals surface area contributed by atoms with Gasteiger partial charge in [0.1, 0.15) is 11.5 Å². The van der Waals surface area contributed by atoms with Gasteiger partial charge < -0.3 is 9.30 Å². The molecule has 0 N–H and O–H groups in total. The third-order valence-corrected chi connectivity index (χ3v) is 7.88. The van der Waals surface area contributed by atoms with Crippen molar-refractivity contribution in [1.29, 1.82) is 0 Å². The molecule has 1 spiro atoms. The van der Waals surface area contributed by atoms with Crippen molar-refractivity contribution in [2.45, 2.75) is 5.41 Å². The average molecular weight is 601 g/mol. The largest absolute Gasteiger partial charge is 0.457 e. The Morgan fingerprint density at radius 3 is 1.82 bits per heavy atom. The summed E-state index contributed by atoms with van der Waals surface area (Å²) >= 11 is 0. The Labute approximate surface area is 299 Å². The van der Waals surface area contributed by atoms with Crippen LogP contribution >= 0.6 is 0 Å². The molecule has 7 aromatic carbocycles. The van der Waals surface area contributed by atoms with Crippen LogP contribution in [0.15, 0.2) is 163 Å². The summed E-state index contributed by atoms with van der Waals surface area (Å²) in [6.45, 7) is 0. The molecule has 0 radical (unpaired) electrons. The van der Waals surface area contributed by atoms with Crippen LogP contribution in [0, 0.1) is 0 Å². The summed E-state index contributed by atoms with van der Waals surface area (Å²) in [6, 6.07) is -25.3. The van der Waals surface area contributed by atoms with E-state index in [1.54, 1.807) is 0 Å². The molecule has 1 aromatic heterocycles. The van der Waals surface area contributed by atoms with E-state index in [-0.39, 0.29) is 0 Å². The zero-order chi connectivity index (χ0) is 53.0. The first-order valence-electron chi connectivity index (χ1n) is 26.8. The highest BCUT2D eigenvalue weighted by molar-refractivity contribution is 6.10. The number of hydrogen-bond donors (Lipinski definition) is 0. The van der Waals surface area contributed by atoms with Crippen LogP contribution in [0.3, 0.4) is 0 Å². The number of benzene rings is 7. The van der Waals surface area contributed by atoms with Crippen LogP contribution in [0.25, 0.3) is 49.7 Å². The minimum absolute atomic E-state index is 0.563. The van der Waals surface area contributed by atoms with Gasteiger partial charge in [-0.1, -0.05) is 121 Å². The Bertz CT molecular complexity index is 3890. The maximum absolute atomic E-state index is 9.87. The van der Waals surface area contributed by atoms with Crippen molar-refractivity contribution in [2.75, 3.05) is 0 Å². The molecule has 1 aliphatic heterocycles. The summed E-state index contributed by atoms with van der Waals surface area (Å²) < 4.78 is 251. The monoisotopic (exact) mass is 600 g/mol. The van der Waals surface area contributed by atoms with Crippen molar-refractivity contribution in [3.63, 3.8) is 0 Å². The van der Waals surface area contributed by atoms with Gasteiger partial charge in [0.05, 0.1) is 53.5 Å². The summed E-state index contributed by atoms with van der Waals surface area (Å²) in [7, 11) is 0. The number of fused-ring (bicyclic) bond motifs is 12. The van der Waals surface area contributed by atoms with Gasteiger partial charge in [0, 0.05) is 27.6 Å². The second kappa shape index (κ2) is 9.07. The van der Waals surface area contributed by atoms with Gasteiger partial charge in [0.15, 0.2) is 0 Å². The molecule has 2 nitrogen and oxygen atoms in total.